The number of sulfone groups is 2. The average molecular weight is 408 g/mol. The number of hydrogen-bond donors (Lipinski definition) is 4. The molecule has 2 heterocycles. The van der Waals surface area contributed by atoms with Crippen molar-refractivity contribution in [2.75, 3.05) is 23.0 Å². The molecule has 0 unspecified atom stereocenters. The zero-order chi connectivity index (χ0) is 19.2. The summed E-state index contributed by atoms with van der Waals surface area (Å²) in [5.41, 5.74) is 9.28. The van der Waals surface area contributed by atoms with Gasteiger partial charge in [-0.05, 0) is 12.8 Å². The van der Waals surface area contributed by atoms with Gasteiger partial charge in [-0.25, -0.2) is 27.7 Å². The smallest absolute Gasteiger partial charge is 0.244 e. The van der Waals surface area contributed by atoms with Crippen molar-refractivity contribution in [3.63, 3.8) is 0 Å². The minimum absolute atomic E-state index is 0.00355. The molecule has 2 aliphatic heterocycles. The third-order valence-electron chi connectivity index (χ3n) is 3.90. The standard InChI is InChI=1S/C12H20N6O6S2/c19-11(9-1-3-25(21,22)5-9)17-15-7-13-14-8-16-18-12(20)10-2-4-26(23,24)6-10/h7-10H,1-6H2,(H,13,15)(H,14,16)(H,17,19)(H,18,20)/t9-,10-/m1/s1. The summed E-state index contributed by atoms with van der Waals surface area (Å²) in [6.45, 7) is 0. The molecule has 0 saturated carbocycles. The lowest BCUT2D eigenvalue weighted by Crippen LogP contribution is -2.34. The number of hydrazone groups is 2. The van der Waals surface area contributed by atoms with E-state index < -0.39 is 43.3 Å². The Kier molecular flexibility index (Phi) is 6.52. The Bertz CT molecular complexity index is 738. The molecule has 26 heavy (non-hydrogen) atoms. The van der Waals surface area contributed by atoms with Crippen molar-refractivity contribution >= 4 is 44.2 Å². The van der Waals surface area contributed by atoms with Gasteiger partial charge in [0.15, 0.2) is 19.7 Å². The lowest BCUT2D eigenvalue weighted by molar-refractivity contribution is -0.125. The van der Waals surface area contributed by atoms with Gasteiger partial charge in [0.2, 0.25) is 11.8 Å². The van der Waals surface area contributed by atoms with Crippen molar-refractivity contribution < 1.29 is 26.4 Å². The van der Waals surface area contributed by atoms with Crippen molar-refractivity contribution in [3.05, 3.63) is 0 Å². The molecule has 0 bridgehead atoms. The molecule has 0 spiro atoms. The van der Waals surface area contributed by atoms with E-state index in [1.54, 1.807) is 0 Å². The fourth-order valence-electron chi connectivity index (χ4n) is 2.52. The van der Waals surface area contributed by atoms with E-state index in [1.807, 2.05) is 0 Å². The van der Waals surface area contributed by atoms with Crippen molar-refractivity contribution in [2.45, 2.75) is 12.8 Å². The first-order valence-corrected chi connectivity index (χ1v) is 11.4. The van der Waals surface area contributed by atoms with Gasteiger partial charge in [0.25, 0.3) is 0 Å². The van der Waals surface area contributed by atoms with Gasteiger partial charge in [0, 0.05) is 0 Å². The maximum Gasteiger partial charge on any atom is 0.244 e. The lowest BCUT2D eigenvalue weighted by atomic mass is 10.1. The summed E-state index contributed by atoms with van der Waals surface area (Å²) < 4.78 is 45.1. The van der Waals surface area contributed by atoms with Gasteiger partial charge in [0.1, 0.15) is 12.7 Å². The molecular weight excluding hydrogens is 388 g/mol. The molecule has 12 nitrogen and oxygen atoms in total. The van der Waals surface area contributed by atoms with E-state index in [0.717, 1.165) is 12.7 Å². The molecule has 2 aliphatic rings. The van der Waals surface area contributed by atoms with Gasteiger partial charge in [0.05, 0.1) is 34.8 Å². The highest BCUT2D eigenvalue weighted by Crippen LogP contribution is 2.18. The fraction of sp³-hybridized carbons (Fsp3) is 0.667. The van der Waals surface area contributed by atoms with Crippen LogP contribution in [-0.2, 0) is 29.3 Å². The number of hydrogen-bond acceptors (Lipinski definition) is 8. The number of nitrogens with one attached hydrogen (secondary N) is 4. The van der Waals surface area contributed by atoms with E-state index in [-0.39, 0.29) is 35.9 Å². The first-order valence-electron chi connectivity index (χ1n) is 7.73. The highest BCUT2D eigenvalue weighted by molar-refractivity contribution is 7.91. The number of carbonyl (C=O) groups excluding carboxylic acids is 2. The second-order valence-corrected chi connectivity index (χ2v) is 10.4. The van der Waals surface area contributed by atoms with Gasteiger partial charge in [-0.2, -0.15) is 10.2 Å². The van der Waals surface area contributed by atoms with Crippen LogP contribution in [0.1, 0.15) is 12.8 Å². The third kappa shape index (κ3) is 6.25. The van der Waals surface area contributed by atoms with E-state index in [4.69, 9.17) is 0 Å². The molecule has 0 aliphatic carbocycles. The van der Waals surface area contributed by atoms with Gasteiger partial charge >= 0.3 is 0 Å². The normalized spacial score (nSPS) is 26.8. The van der Waals surface area contributed by atoms with Gasteiger partial charge in [-0.1, -0.05) is 0 Å². The minimum Gasteiger partial charge on any atom is -0.288 e. The summed E-state index contributed by atoms with van der Waals surface area (Å²) >= 11 is 0. The van der Waals surface area contributed by atoms with Crippen molar-refractivity contribution in [1.82, 2.24) is 21.7 Å². The molecule has 0 aromatic heterocycles. The highest BCUT2D eigenvalue weighted by Gasteiger charge is 2.33. The van der Waals surface area contributed by atoms with Crippen LogP contribution in [0.2, 0.25) is 0 Å². The molecule has 2 fully saturated rings. The molecule has 2 rings (SSSR count). The molecule has 0 aromatic rings. The second kappa shape index (κ2) is 8.44. The van der Waals surface area contributed by atoms with E-state index in [9.17, 15) is 26.4 Å². The summed E-state index contributed by atoms with van der Waals surface area (Å²) in [5, 5.41) is 7.13. The van der Waals surface area contributed by atoms with Crippen molar-refractivity contribution in [1.29, 1.82) is 0 Å². The van der Waals surface area contributed by atoms with E-state index in [0.29, 0.717) is 0 Å². The zero-order valence-electron chi connectivity index (χ0n) is 13.7. The molecule has 146 valence electrons. The third-order valence-corrected chi connectivity index (χ3v) is 7.43. The van der Waals surface area contributed by atoms with Crippen LogP contribution >= 0.6 is 0 Å². The van der Waals surface area contributed by atoms with Crippen LogP contribution in [-0.4, -0.2) is 64.3 Å². The SMILES string of the molecule is O=C(NN=CNN/C=N/NC(=O)[C@@H]1CCS(=O)(=O)C1)[C@@H]1CCS(=O)(=O)C1. The summed E-state index contributed by atoms with van der Waals surface area (Å²) in [5.74, 6) is -2.48. The number of rotatable bonds is 7. The summed E-state index contributed by atoms with van der Waals surface area (Å²) in [6, 6.07) is 0. The Morgan fingerprint density at radius 2 is 1.15 bits per heavy atom. The molecular formula is C12H20N6O6S2. The Labute approximate surface area is 150 Å². The zero-order valence-corrected chi connectivity index (χ0v) is 15.3. The van der Waals surface area contributed by atoms with E-state index in [1.165, 1.54) is 0 Å². The quantitative estimate of drug-likeness (QED) is 0.150. The molecule has 2 atom stereocenters. The monoisotopic (exact) mass is 408 g/mol. The van der Waals surface area contributed by atoms with Crippen LogP contribution in [0.25, 0.3) is 0 Å². The maximum absolute atomic E-state index is 11.7. The highest BCUT2D eigenvalue weighted by atomic mass is 32.2. The topological polar surface area (TPSA) is 175 Å². The lowest BCUT2D eigenvalue weighted by Gasteiger charge is -2.05. The largest absolute Gasteiger partial charge is 0.288 e. The first kappa shape index (κ1) is 20.1. The molecule has 0 radical (unpaired) electrons. The maximum atomic E-state index is 11.7. The molecule has 2 amide bonds. The van der Waals surface area contributed by atoms with Gasteiger partial charge < -0.3 is 0 Å². The van der Waals surface area contributed by atoms with Crippen molar-refractivity contribution in [3.8, 4) is 0 Å². The summed E-state index contributed by atoms with van der Waals surface area (Å²) in [6.07, 6.45) is 2.76. The van der Waals surface area contributed by atoms with E-state index >= 15 is 0 Å². The minimum atomic E-state index is -3.13. The first-order chi connectivity index (χ1) is 12.2. The Hall–Kier alpha value is -2.22. The number of hydrazine groups is 1. The Morgan fingerprint density at radius 3 is 1.46 bits per heavy atom. The second-order valence-electron chi connectivity index (χ2n) is 5.96. The van der Waals surface area contributed by atoms with Gasteiger partial charge in [-0.15, -0.1) is 0 Å². The molecule has 14 heteroatoms. The van der Waals surface area contributed by atoms with Crippen LogP contribution in [0.3, 0.4) is 0 Å². The number of nitrogens with zero attached hydrogens (tertiary/aromatic N) is 2. The van der Waals surface area contributed by atoms with Crippen LogP contribution in [0, 0.1) is 11.8 Å². The predicted molar refractivity (Wildman–Crippen MR) is 93.1 cm³/mol. The molecule has 2 saturated heterocycles. The van der Waals surface area contributed by atoms with Crippen LogP contribution in [0.5, 0.6) is 0 Å². The fourth-order valence-corrected chi connectivity index (χ4v) is 6.00. The average Bonchev–Trinajstić information content (AvgIpc) is 3.11. The number of amides is 2. The Morgan fingerprint density at radius 1 is 0.769 bits per heavy atom. The van der Waals surface area contributed by atoms with E-state index in [2.05, 4.69) is 31.9 Å². The van der Waals surface area contributed by atoms with Crippen LogP contribution < -0.4 is 21.7 Å². The molecule has 0 aromatic carbocycles. The van der Waals surface area contributed by atoms with Crippen LogP contribution in [0.4, 0.5) is 0 Å². The Balaban J connectivity index is 1.58. The predicted octanol–water partition coefficient (Wildman–Crippen LogP) is -2.93. The van der Waals surface area contributed by atoms with Crippen LogP contribution in [0.15, 0.2) is 10.2 Å². The summed E-state index contributed by atoms with van der Waals surface area (Å²) in [4.78, 5) is 23.3. The summed E-state index contributed by atoms with van der Waals surface area (Å²) in [7, 11) is -6.26. The number of carbonyl (C=O) groups is 2. The van der Waals surface area contributed by atoms with Gasteiger partial charge in [-0.3, -0.25) is 20.4 Å². The molecule has 4 N–H and O–H groups in total. The van der Waals surface area contributed by atoms with Crippen molar-refractivity contribution in [2.24, 2.45) is 22.0 Å².